The van der Waals surface area contributed by atoms with Crippen LogP contribution in [0.3, 0.4) is 0 Å². The quantitative estimate of drug-likeness (QED) is 0.582. The molecule has 0 radical (unpaired) electrons. The highest BCUT2D eigenvalue weighted by atomic mass is 35.5. The summed E-state index contributed by atoms with van der Waals surface area (Å²) in [4.78, 5) is 25.9. The molecule has 0 saturated carbocycles. The number of ether oxygens (including phenoxy) is 1. The number of hydrogen-bond donors (Lipinski definition) is 2. The van der Waals surface area contributed by atoms with Gasteiger partial charge in [-0.3, -0.25) is 14.5 Å². The summed E-state index contributed by atoms with van der Waals surface area (Å²) in [6.07, 6.45) is 2.55. The zero-order valence-electron chi connectivity index (χ0n) is 17.9. The fourth-order valence-corrected chi connectivity index (χ4v) is 4.20. The summed E-state index contributed by atoms with van der Waals surface area (Å²) in [5.41, 5.74) is 3.17. The van der Waals surface area contributed by atoms with Crippen molar-refractivity contribution in [1.29, 1.82) is 0 Å². The summed E-state index contributed by atoms with van der Waals surface area (Å²) < 4.78 is 11.3. The van der Waals surface area contributed by atoms with Crippen molar-refractivity contribution in [2.45, 2.75) is 13.3 Å². The van der Waals surface area contributed by atoms with E-state index in [9.17, 15) is 9.59 Å². The number of hydrogen-bond acceptors (Lipinski definition) is 5. The molecule has 0 aliphatic carbocycles. The van der Waals surface area contributed by atoms with Crippen LogP contribution >= 0.6 is 11.6 Å². The van der Waals surface area contributed by atoms with E-state index in [1.54, 1.807) is 24.5 Å². The first-order valence-electron chi connectivity index (χ1n) is 10.6. The Morgan fingerprint density at radius 3 is 2.84 bits per heavy atom. The minimum absolute atomic E-state index is 0.142. The largest absolute Gasteiger partial charge is 0.464 e. The molecule has 2 amide bonds. The van der Waals surface area contributed by atoms with Gasteiger partial charge in [-0.25, -0.2) is 0 Å². The Balaban J connectivity index is 1.34. The Hall–Kier alpha value is -2.87. The summed E-state index contributed by atoms with van der Waals surface area (Å²) in [6.45, 7) is 4.38. The number of nitrogens with zero attached hydrogens (tertiary/aromatic N) is 1. The maximum atomic E-state index is 12.7. The first-order chi connectivity index (χ1) is 15.5. The minimum Gasteiger partial charge on any atom is -0.464 e. The van der Waals surface area contributed by atoms with Gasteiger partial charge in [-0.15, -0.1) is 0 Å². The first kappa shape index (κ1) is 22.3. The standard InChI is InChI=1S/C24H26ClN3O4/c1-16(29)26-20-4-5-22(21(25)12-20)27-24(30)14-28-7-9-31-15-18(13-28)10-17-2-3-19-6-8-32-23(19)11-17/h2-6,8,11-12,18H,7,9-10,13-15H2,1H3,(H,26,29)(H,27,30)/t18-/m0/s1. The monoisotopic (exact) mass is 455 g/mol. The van der Waals surface area contributed by atoms with E-state index in [1.807, 2.05) is 6.07 Å². The van der Waals surface area contributed by atoms with Crippen LogP contribution in [-0.4, -0.2) is 49.6 Å². The van der Waals surface area contributed by atoms with Crippen LogP contribution in [0.1, 0.15) is 12.5 Å². The van der Waals surface area contributed by atoms with E-state index in [-0.39, 0.29) is 24.3 Å². The lowest BCUT2D eigenvalue weighted by atomic mass is 9.99. The van der Waals surface area contributed by atoms with E-state index in [1.165, 1.54) is 12.5 Å². The van der Waals surface area contributed by atoms with Crippen molar-refractivity contribution in [2.24, 2.45) is 5.92 Å². The Morgan fingerprint density at radius 1 is 1.16 bits per heavy atom. The lowest BCUT2D eigenvalue weighted by molar-refractivity contribution is -0.117. The molecule has 4 rings (SSSR count). The van der Waals surface area contributed by atoms with E-state index in [4.69, 9.17) is 20.8 Å². The number of halogens is 1. The Bertz CT molecular complexity index is 1110. The van der Waals surface area contributed by atoms with Crippen LogP contribution in [0.15, 0.2) is 53.1 Å². The average molecular weight is 456 g/mol. The fourth-order valence-electron chi connectivity index (χ4n) is 3.97. The molecule has 0 spiro atoms. The highest BCUT2D eigenvalue weighted by Gasteiger charge is 2.21. The Kier molecular flexibility index (Phi) is 7.09. The van der Waals surface area contributed by atoms with E-state index >= 15 is 0 Å². The van der Waals surface area contributed by atoms with E-state index in [2.05, 4.69) is 33.7 Å². The number of fused-ring (bicyclic) bond motifs is 1. The third kappa shape index (κ3) is 5.88. The molecule has 0 bridgehead atoms. The number of benzene rings is 2. The number of amides is 2. The number of carbonyl (C=O) groups is 2. The van der Waals surface area contributed by atoms with Crippen molar-refractivity contribution in [3.63, 3.8) is 0 Å². The summed E-state index contributed by atoms with van der Waals surface area (Å²) in [7, 11) is 0. The highest BCUT2D eigenvalue weighted by Crippen LogP contribution is 2.26. The topological polar surface area (TPSA) is 83.8 Å². The molecule has 0 unspecified atom stereocenters. The molecule has 1 atom stereocenters. The predicted molar refractivity (Wildman–Crippen MR) is 125 cm³/mol. The van der Waals surface area contributed by atoms with Gasteiger partial charge in [-0.05, 0) is 48.2 Å². The second-order valence-electron chi connectivity index (χ2n) is 8.10. The first-order valence-corrected chi connectivity index (χ1v) is 11.0. The van der Waals surface area contributed by atoms with Crippen molar-refractivity contribution >= 4 is 45.8 Å². The molecule has 1 saturated heterocycles. The van der Waals surface area contributed by atoms with Crippen molar-refractivity contribution in [1.82, 2.24) is 4.90 Å². The molecule has 1 aromatic heterocycles. The van der Waals surface area contributed by atoms with Crippen LogP contribution in [0.5, 0.6) is 0 Å². The normalized spacial score (nSPS) is 17.1. The molecule has 2 heterocycles. The summed E-state index contributed by atoms with van der Waals surface area (Å²) in [5, 5.41) is 6.99. The molecular weight excluding hydrogens is 430 g/mol. The van der Waals surface area contributed by atoms with Crippen LogP contribution in [0.2, 0.25) is 5.02 Å². The van der Waals surface area contributed by atoms with E-state index < -0.39 is 0 Å². The van der Waals surface area contributed by atoms with Gasteiger partial charge in [0.15, 0.2) is 0 Å². The zero-order valence-corrected chi connectivity index (χ0v) is 18.7. The average Bonchev–Trinajstić information content (AvgIpc) is 3.09. The minimum atomic E-state index is -0.181. The van der Waals surface area contributed by atoms with Crippen LogP contribution in [0.4, 0.5) is 11.4 Å². The van der Waals surface area contributed by atoms with Gasteiger partial charge in [0.05, 0.1) is 36.7 Å². The maximum Gasteiger partial charge on any atom is 0.238 e. The van der Waals surface area contributed by atoms with Gasteiger partial charge >= 0.3 is 0 Å². The zero-order chi connectivity index (χ0) is 22.5. The SMILES string of the molecule is CC(=O)Nc1ccc(NC(=O)CN2CCOC[C@@H](Cc3ccc4ccoc4c3)C2)c(Cl)c1. The van der Waals surface area contributed by atoms with Gasteiger partial charge in [-0.2, -0.15) is 0 Å². The van der Waals surface area contributed by atoms with Crippen molar-refractivity contribution in [3.05, 3.63) is 59.3 Å². The molecule has 3 aromatic rings. The predicted octanol–water partition coefficient (Wildman–Crippen LogP) is 4.17. The van der Waals surface area contributed by atoms with Crippen molar-refractivity contribution in [2.75, 3.05) is 43.5 Å². The molecule has 8 heteroatoms. The molecule has 168 valence electrons. The summed E-state index contributed by atoms with van der Waals surface area (Å²) in [6, 6.07) is 13.2. The summed E-state index contributed by atoms with van der Waals surface area (Å²) >= 11 is 6.27. The number of rotatable bonds is 6. The van der Waals surface area contributed by atoms with E-state index in [0.29, 0.717) is 36.2 Å². The molecule has 1 fully saturated rings. The molecular formula is C24H26ClN3O4. The van der Waals surface area contributed by atoms with Gasteiger partial charge in [0, 0.05) is 31.1 Å². The van der Waals surface area contributed by atoms with Gasteiger partial charge < -0.3 is 19.8 Å². The molecule has 32 heavy (non-hydrogen) atoms. The number of furan rings is 1. The molecule has 7 nitrogen and oxygen atoms in total. The van der Waals surface area contributed by atoms with Gasteiger partial charge in [-0.1, -0.05) is 23.7 Å². The molecule has 1 aliphatic rings. The van der Waals surface area contributed by atoms with Crippen molar-refractivity contribution < 1.29 is 18.7 Å². The summed E-state index contributed by atoms with van der Waals surface area (Å²) in [5.74, 6) is -0.0464. The lowest BCUT2D eigenvalue weighted by Crippen LogP contribution is -2.37. The van der Waals surface area contributed by atoms with Crippen LogP contribution in [0, 0.1) is 5.92 Å². The second-order valence-corrected chi connectivity index (χ2v) is 8.50. The van der Waals surface area contributed by atoms with E-state index in [0.717, 1.165) is 23.9 Å². The van der Waals surface area contributed by atoms with Gasteiger partial charge in [0.1, 0.15) is 5.58 Å². The molecule has 2 aromatic carbocycles. The number of carbonyl (C=O) groups excluding carboxylic acids is 2. The smallest absolute Gasteiger partial charge is 0.238 e. The van der Waals surface area contributed by atoms with Gasteiger partial charge in [0.2, 0.25) is 11.8 Å². The second kappa shape index (κ2) is 10.2. The third-order valence-corrected chi connectivity index (χ3v) is 5.71. The van der Waals surface area contributed by atoms with Crippen LogP contribution in [0.25, 0.3) is 11.0 Å². The Morgan fingerprint density at radius 2 is 2.03 bits per heavy atom. The molecule has 2 N–H and O–H groups in total. The number of nitrogens with one attached hydrogen (secondary N) is 2. The maximum absolute atomic E-state index is 12.7. The fraction of sp³-hybridized carbons (Fsp3) is 0.333. The van der Waals surface area contributed by atoms with Gasteiger partial charge in [0.25, 0.3) is 0 Å². The lowest BCUT2D eigenvalue weighted by Gasteiger charge is -2.23. The van der Waals surface area contributed by atoms with Crippen molar-refractivity contribution in [3.8, 4) is 0 Å². The van der Waals surface area contributed by atoms with Crippen LogP contribution in [-0.2, 0) is 20.7 Å². The molecule has 1 aliphatic heterocycles. The van der Waals surface area contributed by atoms with Crippen LogP contribution < -0.4 is 10.6 Å². The third-order valence-electron chi connectivity index (χ3n) is 5.40. The Labute approximate surface area is 191 Å². The number of anilines is 2. The highest BCUT2D eigenvalue weighted by molar-refractivity contribution is 6.34.